The van der Waals surface area contributed by atoms with Gasteiger partial charge in [-0.05, 0) is 80.7 Å². The average Bonchev–Trinajstić information content (AvgIpc) is 3.14. The molecule has 2 aromatic rings. The maximum Gasteiger partial charge on any atom is 0.346 e. The molecule has 0 unspecified atom stereocenters. The van der Waals surface area contributed by atoms with E-state index >= 15 is 0 Å². The average molecular weight is 430 g/mol. The second-order valence-corrected chi connectivity index (χ2v) is 9.43. The van der Waals surface area contributed by atoms with Crippen molar-refractivity contribution in [1.29, 1.82) is 0 Å². The van der Waals surface area contributed by atoms with Crippen LogP contribution in [0.2, 0.25) is 0 Å². The first-order valence-corrected chi connectivity index (χ1v) is 11.8. The van der Waals surface area contributed by atoms with Crippen LogP contribution < -0.4 is 0 Å². The monoisotopic (exact) mass is 429 g/mol. The summed E-state index contributed by atoms with van der Waals surface area (Å²) in [5.41, 5.74) is 3.88. The Balaban J connectivity index is 2.41. The Morgan fingerprint density at radius 1 is 1.00 bits per heavy atom. The van der Waals surface area contributed by atoms with Gasteiger partial charge in [-0.15, -0.1) is 11.3 Å². The van der Waals surface area contributed by atoms with Crippen LogP contribution in [-0.2, 0) is 11.8 Å². The number of carboxylic acids is 1. The molecule has 2 rings (SSSR count). The van der Waals surface area contributed by atoms with E-state index < -0.39 is 11.5 Å². The van der Waals surface area contributed by atoms with Gasteiger partial charge in [0.25, 0.3) is 0 Å². The third-order valence-corrected chi connectivity index (χ3v) is 8.48. The predicted molar refractivity (Wildman–Crippen MR) is 126 cm³/mol. The highest BCUT2D eigenvalue weighted by atomic mass is 32.1. The number of carboxylic acid groups (broad SMARTS) is 1. The number of nitroso groups, excluding NO2 is 1. The number of hydrogen-bond donors (Lipinski definition) is 1. The van der Waals surface area contributed by atoms with E-state index in [1.807, 2.05) is 20.8 Å². The molecule has 4 nitrogen and oxygen atoms in total. The third-order valence-electron chi connectivity index (χ3n) is 7.06. The largest absolute Gasteiger partial charge is 0.477 e. The third kappa shape index (κ3) is 4.51. The summed E-state index contributed by atoms with van der Waals surface area (Å²) in [4.78, 5) is 24.5. The van der Waals surface area contributed by atoms with Gasteiger partial charge in [0.05, 0.1) is 0 Å². The van der Waals surface area contributed by atoms with E-state index in [9.17, 15) is 14.8 Å². The highest BCUT2D eigenvalue weighted by molar-refractivity contribution is 7.14. The van der Waals surface area contributed by atoms with Crippen LogP contribution in [0.1, 0.15) is 96.6 Å². The maximum absolute atomic E-state index is 11.6. The molecule has 1 aromatic heterocycles. The van der Waals surface area contributed by atoms with Gasteiger partial charge in [0.15, 0.2) is 0 Å². The number of nitrogens with zero attached hydrogens (tertiary/aromatic N) is 1. The zero-order chi connectivity index (χ0) is 22.5. The van der Waals surface area contributed by atoms with E-state index in [1.54, 1.807) is 0 Å². The summed E-state index contributed by atoms with van der Waals surface area (Å²) >= 11 is 1.40. The van der Waals surface area contributed by atoms with Crippen LogP contribution in [0, 0.1) is 18.8 Å². The van der Waals surface area contributed by atoms with Crippen LogP contribution in [0.5, 0.6) is 0 Å². The van der Waals surface area contributed by atoms with Gasteiger partial charge in [-0.3, -0.25) is 0 Å². The molecule has 1 N–H and O–H groups in total. The highest BCUT2D eigenvalue weighted by Gasteiger charge is 2.34. The summed E-state index contributed by atoms with van der Waals surface area (Å²) in [6.45, 7) is 12.4. The summed E-state index contributed by atoms with van der Waals surface area (Å²) in [6, 6.07) is 8.69. The van der Waals surface area contributed by atoms with E-state index in [1.165, 1.54) is 28.0 Å². The number of aryl methyl sites for hydroxylation is 3. The van der Waals surface area contributed by atoms with E-state index in [0.29, 0.717) is 4.88 Å². The van der Waals surface area contributed by atoms with Gasteiger partial charge in [0.1, 0.15) is 10.4 Å². The Hall–Kier alpha value is -2.01. The predicted octanol–water partition coefficient (Wildman–Crippen LogP) is 7.43. The first-order chi connectivity index (χ1) is 14.2. The molecule has 0 saturated heterocycles. The quantitative estimate of drug-likeness (QED) is 0.378. The summed E-state index contributed by atoms with van der Waals surface area (Å²) < 4.78 is 0. The normalized spacial score (nSPS) is 12.2. The lowest BCUT2D eigenvalue weighted by atomic mass is 9.73. The summed E-state index contributed by atoms with van der Waals surface area (Å²) in [7, 11) is 0. The second-order valence-electron chi connectivity index (χ2n) is 8.38. The fourth-order valence-electron chi connectivity index (χ4n) is 4.50. The number of benzene rings is 1. The second kappa shape index (κ2) is 9.86. The first-order valence-electron chi connectivity index (χ1n) is 11.0. The van der Waals surface area contributed by atoms with Crippen molar-refractivity contribution in [3.05, 3.63) is 61.2 Å². The zero-order valence-corrected chi connectivity index (χ0v) is 20.0. The molecule has 0 aliphatic rings. The molecule has 0 bridgehead atoms. The smallest absolute Gasteiger partial charge is 0.346 e. The fraction of sp³-hybridized carbons (Fsp3) is 0.560. The minimum atomic E-state index is -0.851. The molecule has 5 heteroatoms. The zero-order valence-electron chi connectivity index (χ0n) is 19.2. The van der Waals surface area contributed by atoms with Crippen LogP contribution in [0.15, 0.2) is 29.4 Å². The Morgan fingerprint density at radius 3 is 2.07 bits per heavy atom. The molecule has 0 fully saturated rings. The topological polar surface area (TPSA) is 66.7 Å². The molecule has 1 heterocycles. The lowest BCUT2D eigenvalue weighted by Gasteiger charge is -2.32. The van der Waals surface area contributed by atoms with Crippen molar-refractivity contribution in [1.82, 2.24) is 0 Å². The Labute approximate surface area is 184 Å². The van der Waals surface area contributed by atoms with Crippen LogP contribution >= 0.6 is 11.3 Å². The van der Waals surface area contributed by atoms with E-state index in [-0.39, 0.29) is 5.41 Å². The summed E-state index contributed by atoms with van der Waals surface area (Å²) in [5, 5.41) is 13.0. The number of hydrogen-bond acceptors (Lipinski definition) is 4. The first kappa shape index (κ1) is 24.3. The van der Waals surface area contributed by atoms with Crippen molar-refractivity contribution in [2.75, 3.05) is 0 Å². The van der Waals surface area contributed by atoms with Crippen molar-refractivity contribution in [2.24, 2.45) is 5.18 Å². The van der Waals surface area contributed by atoms with Gasteiger partial charge >= 0.3 is 5.97 Å². The Morgan fingerprint density at radius 2 is 1.63 bits per heavy atom. The number of rotatable bonds is 11. The molecule has 0 spiro atoms. The number of thiophene rings is 1. The van der Waals surface area contributed by atoms with Crippen LogP contribution in [0.3, 0.4) is 0 Å². The molecule has 30 heavy (non-hydrogen) atoms. The van der Waals surface area contributed by atoms with Gasteiger partial charge in [0.2, 0.25) is 0 Å². The van der Waals surface area contributed by atoms with Crippen molar-refractivity contribution in [3.8, 4) is 0 Å². The van der Waals surface area contributed by atoms with Gasteiger partial charge in [0, 0.05) is 10.3 Å². The van der Waals surface area contributed by atoms with E-state index in [2.05, 4.69) is 50.2 Å². The molecule has 164 valence electrons. The molecule has 0 amide bonds. The summed E-state index contributed by atoms with van der Waals surface area (Å²) in [5.74, 6) is -0.851. The number of aromatic carboxylic acids is 1. The van der Waals surface area contributed by atoms with Gasteiger partial charge in [-0.25, -0.2) is 4.79 Å². The number of carbonyl (C=O) groups is 1. The SMILES string of the molecule is CCC(CC)(CCc1ccc(C(CC)(CC)c2cc(C)c(C(=O)O)s2)cc1C)N=O. The molecule has 0 atom stereocenters. The lowest BCUT2D eigenvalue weighted by Crippen LogP contribution is -2.26. The molecule has 0 radical (unpaired) electrons. The maximum atomic E-state index is 11.6. The van der Waals surface area contributed by atoms with Crippen molar-refractivity contribution >= 4 is 17.3 Å². The van der Waals surface area contributed by atoms with Crippen molar-refractivity contribution < 1.29 is 9.90 Å². The minimum Gasteiger partial charge on any atom is -0.477 e. The molecule has 0 aliphatic carbocycles. The molecule has 0 saturated carbocycles. The van der Waals surface area contributed by atoms with Gasteiger partial charge in [-0.2, -0.15) is 4.91 Å². The Bertz CT molecular complexity index is 892. The van der Waals surface area contributed by atoms with Crippen molar-refractivity contribution in [3.63, 3.8) is 0 Å². The van der Waals surface area contributed by atoms with Gasteiger partial charge < -0.3 is 5.11 Å². The lowest BCUT2D eigenvalue weighted by molar-refractivity contribution is 0.0701. The molecular weight excluding hydrogens is 394 g/mol. The highest BCUT2D eigenvalue weighted by Crippen LogP contribution is 2.44. The summed E-state index contributed by atoms with van der Waals surface area (Å²) in [6.07, 6.45) is 4.95. The molecular formula is C25H35NO3S. The Kier molecular flexibility index (Phi) is 7.98. The minimum absolute atomic E-state index is 0.187. The van der Waals surface area contributed by atoms with E-state index in [4.69, 9.17) is 0 Å². The molecule has 0 aliphatic heterocycles. The fourth-order valence-corrected chi connectivity index (χ4v) is 5.86. The van der Waals surface area contributed by atoms with E-state index in [0.717, 1.165) is 49.0 Å². The standard InChI is InChI=1S/C25H35NO3S/c1-7-24(8-2,26-29)14-13-19-11-12-20(15-17(19)5)25(9-3,10-4)21-16-18(6)22(30-21)23(27)28/h11-12,15-16H,7-10,13-14H2,1-6H3,(H,27,28). The molecule has 1 aromatic carbocycles. The van der Waals surface area contributed by atoms with Crippen molar-refractivity contribution in [2.45, 2.75) is 91.0 Å². The van der Waals surface area contributed by atoms with Gasteiger partial charge in [-0.1, -0.05) is 51.1 Å². The van der Waals surface area contributed by atoms with Crippen LogP contribution in [0.25, 0.3) is 0 Å². The van der Waals surface area contributed by atoms with Crippen LogP contribution in [-0.4, -0.2) is 16.6 Å². The van der Waals surface area contributed by atoms with Crippen LogP contribution in [0.4, 0.5) is 0 Å².